The van der Waals surface area contributed by atoms with Gasteiger partial charge in [-0.2, -0.15) is 0 Å². The molecule has 1 N–H and O–H groups in total. The van der Waals surface area contributed by atoms with E-state index < -0.39 is 0 Å². The molecule has 0 bridgehead atoms. The minimum Gasteiger partial charge on any atom is -0.383 e. The van der Waals surface area contributed by atoms with E-state index in [-0.39, 0.29) is 11.0 Å². The fraction of sp³-hybridized carbons (Fsp3) is 0.800. The van der Waals surface area contributed by atoms with Gasteiger partial charge in [0, 0.05) is 31.1 Å². The van der Waals surface area contributed by atoms with Crippen molar-refractivity contribution in [2.24, 2.45) is 0 Å². The number of thiazole rings is 1. The van der Waals surface area contributed by atoms with Crippen LogP contribution in [0.2, 0.25) is 0 Å². The number of ether oxygens (including phenoxy) is 2. The van der Waals surface area contributed by atoms with E-state index in [9.17, 15) is 0 Å². The molecule has 0 aliphatic rings. The van der Waals surface area contributed by atoms with Gasteiger partial charge in [-0.05, 0) is 13.8 Å². The summed E-state index contributed by atoms with van der Waals surface area (Å²) < 4.78 is 10.8. The van der Waals surface area contributed by atoms with E-state index in [0.717, 1.165) is 17.2 Å². The summed E-state index contributed by atoms with van der Waals surface area (Å²) in [5.74, 6) is 0. The molecule has 0 radical (unpaired) electrons. The zero-order valence-electron chi connectivity index (χ0n) is 13.6. The third-order valence-corrected chi connectivity index (χ3v) is 4.27. The average molecular weight is 300 g/mol. The molecule has 1 rings (SSSR count). The molecule has 1 aromatic heterocycles. The van der Waals surface area contributed by atoms with Crippen LogP contribution in [0.3, 0.4) is 0 Å². The van der Waals surface area contributed by atoms with E-state index in [2.05, 4.69) is 38.4 Å². The number of hydrogen-bond acceptors (Lipinski definition) is 5. The van der Waals surface area contributed by atoms with Gasteiger partial charge in [0.05, 0.1) is 24.4 Å². The third kappa shape index (κ3) is 4.81. The second kappa shape index (κ2) is 7.50. The Morgan fingerprint density at radius 2 is 2.00 bits per heavy atom. The summed E-state index contributed by atoms with van der Waals surface area (Å²) in [6, 6.07) is 0. The number of methoxy groups -OCH3 is 1. The Labute approximate surface area is 126 Å². The quantitative estimate of drug-likeness (QED) is 0.750. The number of nitrogens with one attached hydrogen (secondary N) is 1. The van der Waals surface area contributed by atoms with Crippen molar-refractivity contribution >= 4 is 11.3 Å². The van der Waals surface area contributed by atoms with Crippen molar-refractivity contribution in [3.8, 4) is 0 Å². The molecule has 0 aromatic carbocycles. The SMILES string of the molecule is CCOCC(C)(NCCOC)c1nc(C(C)(C)C)cs1. The van der Waals surface area contributed by atoms with Gasteiger partial charge in [-0.25, -0.2) is 4.98 Å². The highest BCUT2D eigenvalue weighted by Crippen LogP contribution is 2.30. The summed E-state index contributed by atoms with van der Waals surface area (Å²) in [7, 11) is 1.71. The minimum atomic E-state index is -0.261. The Morgan fingerprint density at radius 3 is 2.50 bits per heavy atom. The second-order valence-electron chi connectivity index (χ2n) is 6.18. The van der Waals surface area contributed by atoms with Gasteiger partial charge in [0.15, 0.2) is 0 Å². The van der Waals surface area contributed by atoms with Crippen molar-refractivity contribution in [1.29, 1.82) is 0 Å². The van der Waals surface area contributed by atoms with Crippen LogP contribution in [0.25, 0.3) is 0 Å². The van der Waals surface area contributed by atoms with Crippen LogP contribution >= 0.6 is 11.3 Å². The predicted molar refractivity (Wildman–Crippen MR) is 84.5 cm³/mol. The predicted octanol–water partition coefficient (Wildman–Crippen LogP) is 2.93. The molecule has 4 nitrogen and oxygen atoms in total. The molecular formula is C15H28N2O2S. The summed E-state index contributed by atoms with van der Waals surface area (Å²) in [6.45, 7) is 13.5. The van der Waals surface area contributed by atoms with E-state index in [0.29, 0.717) is 19.8 Å². The third-order valence-electron chi connectivity index (χ3n) is 3.16. The molecule has 1 aromatic rings. The molecular weight excluding hydrogens is 272 g/mol. The second-order valence-corrected chi connectivity index (χ2v) is 7.03. The minimum absolute atomic E-state index is 0.0772. The molecule has 0 amide bonds. The summed E-state index contributed by atoms with van der Waals surface area (Å²) in [4.78, 5) is 4.82. The van der Waals surface area contributed by atoms with Crippen LogP contribution in [0.4, 0.5) is 0 Å². The molecule has 116 valence electrons. The molecule has 5 heteroatoms. The van der Waals surface area contributed by atoms with E-state index >= 15 is 0 Å². The summed E-state index contributed by atoms with van der Waals surface area (Å²) >= 11 is 1.70. The number of hydrogen-bond donors (Lipinski definition) is 1. The molecule has 0 saturated heterocycles. The first-order valence-electron chi connectivity index (χ1n) is 7.11. The van der Waals surface area contributed by atoms with Gasteiger partial charge >= 0.3 is 0 Å². The lowest BCUT2D eigenvalue weighted by Gasteiger charge is -2.28. The van der Waals surface area contributed by atoms with Crippen molar-refractivity contribution in [2.45, 2.75) is 45.6 Å². The summed E-state index contributed by atoms with van der Waals surface area (Å²) in [5.41, 5.74) is 0.949. The largest absolute Gasteiger partial charge is 0.383 e. The van der Waals surface area contributed by atoms with Crippen molar-refractivity contribution in [2.75, 3.05) is 33.5 Å². The van der Waals surface area contributed by atoms with Crippen LogP contribution in [-0.4, -0.2) is 38.5 Å². The Hall–Kier alpha value is -0.490. The van der Waals surface area contributed by atoms with Gasteiger partial charge < -0.3 is 14.8 Å². The Bertz CT molecular complexity index is 401. The fourth-order valence-electron chi connectivity index (χ4n) is 1.80. The van der Waals surface area contributed by atoms with Gasteiger partial charge in [0.2, 0.25) is 0 Å². The monoisotopic (exact) mass is 300 g/mol. The lowest BCUT2D eigenvalue weighted by Crippen LogP contribution is -2.45. The van der Waals surface area contributed by atoms with Crippen molar-refractivity contribution < 1.29 is 9.47 Å². The molecule has 20 heavy (non-hydrogen) atoms. The maximum atomic E-state index is 5.64. The van der Waals surface area contributed by atoms with E-state index in [4.69, 9.17) is 14.5 Å². The number of aromatic nitrogens is 1. The molecule has 1 atom stereocenters. The Morgan fingerprint density at radius 1 is 1.30 bits per heavy atom. The number of rotatable bonds is 8. The highest BCUT2D eigenvalue weighted by Gasteiger charge is 2.31. The smallest absolute Gasteiger partial charge is 0.115 e. The molecule has 1 unspecified atom stereocenters. The van der Waals surface area contributed by atoms with Gasteiger partial charge in [-0.3, -0.25) is 0 Å². The van der Waals surface area contributed by atoms with Crippen molar-refractivity contribution in [1.82, 2.24) is 10.3 Å². The lowest BCUT2D eigenvalue weighted by molar-refractivity contribution is 0.0776. The standard InChI is InChI=1S/C15H28N2O2S/c1-7-19-11-15(5,16-8-9-18-6)13-17-12(10-20-13)14(2,3)4/h10,16H,7-9,11H2,1-6H3. The molecule has 0 aliphatic heterocycles. The van der Waals surface area contributed by atoms with Crippen LogP contribution in [-0.2, 0) is 20.4 Å². The Balaban J connectivity index is 2.88. The van der Waals surface area contributed by atoms with Gasteiger partial charge in [-0.15, -0.1) is 11.3 Å². The maximum Gasteiger partial charge on any atom is 0.115 e. The van der Waals surface area contributed by atoms with Gasteiger partial charge in [-0.1, -0.05) is 20.8 Å². The normalized spacial score (nSPS) is 15.3. The zero-order valence-corrected chi connectivity index (χ0v) is 14.4. The highest BCUT2D eigenvalue weighted by molar-refractivity contribution is 7.09. The van der Waals surface area contributed by atoms with Crippen LogP contribution < -0.4 is 5.32 Å². The van der Waals surface area contributed by atoms with E-state index in [1.807, 2.05) is 6.92 Å². The fourth-order valence-corrected chi connectivity index (χ4v) is 2.97. The molecule has 0 saturated carbocycles. The number of nitrogens with zero attached hydrogens (tertiary/aromatic N) is 1. The van der Waals surface area contributed by atoms with Crippen LogP contribution in [0, 0.1) is 0 Å². The van der Waals surface area contributed by atoms with Gasteiger partial charge in [0.1, 0.15) is 5.01 Å². The summed E-state index contributed by atoms with van der Waals surface area (Å²) in [6.07, 6.45) is 0. The van der Waals surface area contributed by atoms with E-state index in [1.54, 1.807) is 18.4 Å². The van der Waals surface area contributed by atoms with Gasteiger partial charge in [0.25, 0.3) is 0 Å². The van der Waals surface area contributed by atoms with E-state index in [1.165, 1.54) is 0 Å². The first-order chi connectivity index (χ1) is 9.33. The van der Waals surface area contributed by atoms with Crippen LogP contribution in [0.1, 0.15) is 45.3 Å². The topological polar surface area (TPSA) is 43.4 Å². The lowest BCUT2D eigenvalue weighted by atomic mass is 9.93. The molecule has 0 spiro atoms. The first kappa shape index (κ1) is 17.6. The Kier molecular flexibility index (Phi) is 6.58. The molecule has 1 heterocycles. The van der Waals surface area contributed by atoms with Crippen molar-refractivity contribution in [3.05, 3.63) is 16.1 Å². The summed E-state index contributed by atoms with van der Waals surface area (Å²) in [5, 5.41) is 6.74. The van der Waals surface area contributed by atoms with Crippen molar-refractivity contribution in [3.63, 3.8) is 0 Å². The molecule has 0 fully saturated rings. The van der Waals surface area contributed by atoms with Crippen LogP contribution in [0.15, 0.2) is 5.38 Å². The zero-order chi connectivity index (χ0) is 15.2. The average Bonchev–Trinajstić information content (AvgIpc) is 2.87. The van der Waals surface area contributed by atoms with Crippen LogP contribution in [0.5, 0.6) is 0 Å². The maximum absolute atomic E-state index is 5.64. The molecule has 0 aliphatic carbocycles. The highest BCUT2D eigenvalue weighted by atomic mass is 32.1. The first-order valence-corrected chi connectivity index (χ1v) is 7.99.